The summed E-state index contributed by atoms with van der Waals surface area (Å²) in [4.78, 5) is 37.4. The van der Waals surface area contributed by atoms with Gasteiger partial charge in [-0.3, -0.25) is 14.4 Å². The molecule has 0 aliphatic carbocycles. The van der Waals surface area contributed by atoms with Gasteiger partial charge >= 0.3 is 11.8 Å². The molecule has 1 saturated heterocycles. The van der Waals surface area contributed by atoms with Crippen molar-refractivity contribution in [3.63, 3.8) is 0 Å². The summed E-state index contributed by atoms with van der Waals surface area (Å²) in [5, 5.41) is 14.9. The van der Waals surface area contributed by atoms with Crippen molar-refractivity contribution >= 4 is 29.1 Å². The Morgan fingerprint density at radius 1 is 1.26 bits per heavy atom. The largest absolute Gasteiger partial charge is 0.472 e. The molecule has 8 heteroatoms. The van der Waals surface area contributed by atoms with Crippen LogP contribution in [0.1, 0.15) is 30.9 Å². The van der Waals surface area contributed by atoms with E-state index in [1.54, 1.807) is 35.2 Å². The third-order valence-corrected chi connectivity index (χ3v) is 4.33. The fourth-order valence-corrected chi connectivity index (χ4v) is 2.89. The highest BCUT2D eigenvalue weighted by atomic mass is 16.3. The summed E-state index contributed by atoms with van der Waals surface area (Å²) in [6.45, 7) is 0.788. The van der Waals surface area contributed by atoms with Crippen molar-refractivity contribution in [2.24, 2.45) is 0 Å². The summed E-state index contributed by atoms with van der Waals surface area (Å²) < 4.78 is 4.88. The van der Waals surface area contributed by atoms with Crippen LogP contribution < -0.4 is 15.5 Å². The molecule has 3 N–H and O–H groups in total. The predicted octanol–water partition coefficient (Wildman–Crippen LogP) is 1.58. The van der Waals surface area contributed by atoms with Gasteiger partial charge in [-0.25, -0.2) is 0 Å². The summed E-state index contributed by atoms with van der Waals surface area (Å²) in [6, 6.07) is 8.46. The minimum Gasteiger partial charge on any atom is -0.472 e. The van der Waals surface area contributed by atoms with E-state index in [2.05, 4.69) is 10.6 Å². The molecule has 8 nitrogen and oxygen atoms in total. The summed E-state index contributed by atoms with van der Waals surface area (Å²) in [5.74, 6) is -1.55. The Morgan fingerprint density at radius 3 is 2.81 bits per heavy atom. The van der Waals surface area contributed by atoms with Gasteiger partial charge < -0.3 is 25.1 Å². The van der Waals surface area contributed by atoms with E-state index in [1.807, 2.05) is 0 Å². The molecule has 3 amide bonds. The number of hydrogen-bond acceptors (Lipinski definition) is 5. The Bertz CT molecular complexity index is 819. The summed E-state index contributed by atoms with van der Waals surface area (Å²) in [5.41, 5.74) is 1.74. The van der Waals surface area contributed by atoms with E-state index < -0.39 is 17.9 Å². The topological polar surface area (TPSA) is 112 Å². The number of benzene rings is 1. The zero-order chi connectivity index (χ0) is 19.2. The number of nitrogens with one attached hydrogen (secondary N) is 2. The van der Waals surface area contributed by atoms with E-state index >= 15 is 0 Å². The number of aliphatic hydroxyl groups excluding tert-OH is 1. The number of carbonyl (C=O) groups excluding carboxylic acids is 3. The van der Waals surface area contributed by atoms with Crippen molar-refractivity contribution in [2.45, 2.75) is 25.4 Å². The predicted molar refractivity (Wildman–Crippen MR) is 98.0 cm³/mol. The SMILES string of the molecule is O=C(NCC[C@@H](O)c1ccoc1)C(=O)Nc1cccc(N2CCCC2=O)c1. The maximum atomic E-state index is 12.0. The van der Waals surface area contributed by atoms with Crippen LogP contribution >= 0.6 is 0 Å². The molecular weight excluding hydrogens is 350 g/mol. The third-order valence-electron chi connectivity index (χ3n) is 4.33. The van der Waals surface area contributed by atoms with Crippen molar-refractivity contribution in [1.82, 2.24) is 5.32 Å². The molecule has 0 spiro atoms. The number of rotatable bonds is 6. The van der Waals surface area contributed by atoms with Crippen LogP contribution in [-0.2, 0) is 14.4 Å². The first-order chi connectivity index (χ1) is 13.0. The van der Waals surface area contributed by atoms with E-state index in [-0.39, 0.29) is 18.9 Å². The van der Waals surface area contributed by atoms with Gasteiger partial charge in [0.05, 0.1) is 18.6 Å². The van der Waals surface area contributed by atoms with E-state index in [9.17, 15) is 19.5 Å². The maximum Gasteiger partial charge on any atom is 0.313 e. The van der Waals surface area contributed by atoms with Crippen molar-refractivity contribution < 1.29 is 23.9 Å². The molecule has 1 fully saturated rings. The van der Waals surface area contributed by atoms with Gasteiger partial charge in [0.1, 0.15) is 0 Å². The second-order valence-corrected chi connectivity index (χ2v) is 6.27. The molecule has 3 rings (SSSR count). The lowest BCUT2D eigenvalue weighted by Gasteiger charge is -2.16. The number of anilines is 2. The Hall–Kier alpha value is -3.13. The summed E-state index contributed by atoms with van der Waals surface area (Å²) in [6.07, 6.45) is 3.69. The van der Waals surface area contributed by atoms with Crippen LogP contribution in [0.15, 0.2) is 47.3 Å². The molecule has 1 aliphatic rings. The van der Waals surface area contributed by atoms with Crippen LogP contribution in [0.25, 0.3) is 0 Å². The monoisotopic (exact) mass is 371 g/mol. The van der Waals surface area contributed by atoms with Gasteiger partial charge in [-0.2, -0.15) is 0 Å². The molecule has 2 heterocycles. The minimum atomic E-state index is -0.808. The Kier molecular flexibility index (Phi) is 5.87. The van der Waals surface area contributed by atoms with Crippen molar-refractivity contribution in [2.75, 3.05) is 23.3 Å². The minimum absolute atomic E-state index is 0.0485. The van der Waals surface area contributed by atoms with Gasteiger partial charge in [0.15, 0.2) is 0 Å². The number of aliphatic hydroxyl groups is 1. The molecular formula is C19H21N3O5. The maximum absolute atomic E-state index is 12.0. The number of furan rings is 1. The molecule has 1 aromatic carbocycles. The molecule has 27 heavy (non-hydrogen) atoms. The van der Waals surface area contributed by atoms with Crippen LogP contribution in [0.3, 0.4) is 0 Å². The lowest BCUT2D eigenvalue weighted by Crippen LogP contribution is -2.36. The number of nitrogens with zero attached hydrogens (tertiary/aromatic N) is 1. The molecule has 142 valence electrons. The van der Waals surface area contributed by atoms with E-state index in [4.69, 9.17) is 4.42 Å². The first kappa shape index (κ1) is 18.7. The van der Waals surface area contributed by atoms with Crippen LogP contribution in [0.5, 0.6) is 0 Å². The van der Waals surface area contributed by atoms with E-state index in [0.717, 1.165) is 6.42 Å². The van der Waals surface area contributed by atoms with Crippen molar-refractivity contribution in [3.8, 4) is 0 Å². The fourth-order valence-electron chi connectivity index (χ4n) is 2.89. The molecule has 1 aliphatic heterocycles. The zero-order valence-corrected chi connectivity index (χ0v) is 14.7. The van der Waals surface area contributed by atoms with Crippen LogP contribution in [0, 0.1) is 0 Å². The molecule has 1 atom stereocenters. The van der Waals surface area contributed by atoms with Crippen LogP contribution in [-0.4, -0.2) is 35.9 Å². The number of carbonyl (C=O) groups is 3. The summed E-state index contributed by atoms with van der Waals surface area (Å²) >= 11 is 0. The molecule has 2 aromatic rings. The normalized spacial score (nSPS) is 14.9. The molecule has 1 aromatic heterocycles. The highest BCUT2D eigenvalue weighted by Gasteiger charge is 2.22. The first-order valence-electron chi connectivity index (χ1n) is 8.74. The van der Waals surface area contributed by atoms with Gasteiger partial charge in [0, 0.05) is 36.4 Å². The molecule has 0 unspecified atom stereocenters. The number of amides is 3. The average molecular weight is 371 g/mol. The van der Waals surface area contributed by atoms with Gasteiger partial charge in [0.25, 0.3) is 0 Å². The highest BCUT2D eigenvalue weighted by Crippen LogP contribution is 2.24. The molecule has 0 saturated carbocycles. The lowest BCUT2D eigenvalue weighted by atomic mass is 10.1. The van der Waals surface area contributed by atoms with Gasteiger partial charge in [-0.05, 0) is 37.1 Å². The standard InChI is InChI=1S/C19H21N3O5/c23-16(13-7-10-27-12-13)6-8-20-18(25)19(26)21-14-3-1-4-15(11-14)22-9-2-5-17(22)24/h1,3-4,7,10-12,16,23H,2,5-6,8-9H2,(H,20,25)(H,21,26)/t16-/m1/s1. The lowest BCUT2D eigenvalue weighted by molar-refractivity contribution is -0.136. The molecule has 0 radical (unpaired) electrons. The smallest absolute Gasteiger partial charge is 0.313 e. The average Bonchev–Trinajstić information content (AvgIpc) is 3.33. The third kappa shape index (κ3) is 4.73. The zero-order valence-electron chi connectivity index (χ0n) is 14.7. The number of hydrogen-bond donors (Lipinski definition) is 3. The first-order valence-corrected chi connectivity index (χ1v) is 8.74. The van der Waals surface area contributed by atoms with Crippen molar-refractivity contribution in [3.05, 3.63) is 48.4 Å². The van der Waals surface area contributed by atoms with Crippen LogP contribution in [0.2, 0.25) is 0 Å². The van der Waals surface area contributed by atoms with Gasteiger partial charge in [-0.1, -0.05) is 6.07 Å². The quantitative estimate of drug-likeness (QED) is 0.668. The second kappa shape index (κ2) is 8.50. The summed E-state index contributed by atoms with van der Waals surface area (Å²) in [7, 11) is 0. The van der Waals surface area contributed by atoms with Gasteiger partial charge in [-0.15, -0.1) is 0 Å². The van der Waals surface area contributed by atoms with Gasteiger partial charge in [0.2, 0.25) is 5.91 Å². The van der Waals surface area contributed by atoms with E-state index in [0.29, 0.717) is 29.9 Å². The van der Waals surface area contributed by atoms with E-state index in [1.165, 1.54) is 12.5 Å². The Balaban J connectivity index is 1.49. The second-order valence-electron chi connectivity index (χ2n) is 6.27. The molecule has 0 bridgehead atoms. The van der Waals surface area contributed by atoms with Crippen LogP contribution in [0.4, 0.5) is 11.4 Å². The highest BCUT2D eigenvalue weighted by molar-refractivity contribution is 6.39. The Labute approximate surface area is 156 Å². The van der Waals surface area contributed by atoms with Crippen molar-refractivity contribution in [1.29, 1.82) is 0 Å². The fraction of sp³-hybridized carbons (Fsp3) is 0.316. The Morgan fingerprint density at radius 2 is 2.11 bits per heavy atom.